The Morgan fingerprint density at radius 2 is 2.06 bits per heavy atom. The Kier molecular flexibility index (Phi) is 3.11. The van der Waals surface area contributed by atoms with Gasteiger partial charge in [0.15, 0.2) is 5.60 Å². The summed E-state index contributed by atoms with van der Waals surface area (Å²) in [5, 5.41) is 4.14. The van der Waals surface area contributed by atoms with Crippen LogP contribution in [0.15, 0.2) is 12.4 Å². The van der Waals surface area contributed by atoms with E-state index in [0.717, 1.165) is 10.5 Å². The van der Waals surface area contributed by atoms with Gasteiger partial charge in [0.05, 0.1) is 6.20 Å². The molecule has 2 rings (SSSR count). The third-order valence-corrected chi connectivity index (χ3v) is 2.85. The van der Waals surface area contributed by atoms with E-state index in [9.17, 15) is 9.59 Å². The molecule has 2 amide bonds. The molecule has 6 heteroatoms. The Hall–Kier alpha value is -1.85. The van der Waals surface area contributed by atoms with E-state index >= 15 is 0 Å². The molecule has 0 radical (unpaired) electrons. The first-order valence-electron chi connectivity index (χ1n) is 5.94. The lowest BCUT2D eigenvalue weighted by molar-refractivity contribution is -0.134. The molecule has 0 aliphatic carbocycles. The molecule has 0 N–H and O–H groups in total. The molecule has 18 heavy (non-hydrogen) atoms. The summed E-state index contributed by atoms with van der Waals surface area (Å²) in [4.78, 5) is 24.5. The number of carbonyl (C=O) groups excluding carboxylic acids is 2. The van der Waals surface area contributed by atoms with Gasteiger partial charge < -0.3 is 4.74 Å². The van der Waals surface area contributed by atoms with Gasteiger partial charge in [-0.05, 0) is 32.8 Å². The van der Waals surface area contributed by atoms with Crippen LogP contribution in [0.5, 0.6) is 0 Å². The molecule has 0 aromatic carbocycles. The molecular formula is C12H17N3O3. The van der Waals surface area contributed by atoms with Crippen LogP contribution in [0.1, 0.15) is 25.8 Å². The van der Waals surface area contributed by atoms with Crippen molar-refractivity contribution in [3.63, 3.8) is 0 Å². The third kappa shape index (κ3) is 2.37. The van der Waals surface area contributed by atoms with Gasteiger partial charge >= 0.3 is 6.09 Å². The zero-order valence-electron chi connectivity index (χ0n) is 10.8. The van der Waals surface area contributed by atoms with Crippen molar-refractivity contribution in [1.29, 1.82) is 0 Å². The minimum atomic E-state index is -1.03. The quantitative estimate of drug-likeness (QED) is 0.810. The third-order valence-electron chi connectivity index (χ3n) is 2.85. The standard InChI is InChI=1S/C12H17N3O3/c1-9-7-13-14(8-9)5-4-6-15-10(16)12(2,3)18-11(15)17/h7-8H,4-6H2,1-3H3. The van der Waals surface area contributed by atoms with Crippen LogP contribution in [0.4, 0.5) is 4.79 Å². The van der Waals surface area contributed by atoms with Gasteiger partial charge in [-0.1, -0.05) is 0 Å². The van der Waals surface area contributed by atoms with Gasteiger partial charge in [-0.3, -0.25) is 9.48 Å². The normalized spacial score (nSPS) is 18.3. The van der Waals surface area contributed by atoms with E-state index in [1.807, 2.05) is 13.1 Å². The predicted molar refractivity (Wildman–Crippen MR) is 63.9 cm³/mol. The molecule has 1 aliphatic rings. The summed E-state index contributed by atoms with van der Waals surface area (Å²) in [6.07, 6.45) is 3.81. The maximum atomic E-state index is 11.8. The molecule has 0 unspecified atom stereocenters. The molecule has 0 atom stereocenters. The molecule has 98 valence electrons. The van der Waals surface area contributed by atoms with Crippen LogP contribution in [0.2, 0.25) is 0 Å². The second kappa shape index (κ2) is 4.44. The predicted octanol–water partition coefficient (Wildman–Crippen LogP) is 1.34. The summed E-state index contributed by atoms with van der Waals surface area (Å²) in [5.74, 6) is -0.274. The maximum Gasteiger partial charge on any atom is 0.417 e. The monoisotopic (exact) mass is 251 g/mol. The van der Waals surface area contributed by atoms with Crippen molar-refractivity contribution < 1.29 is 14.3 Å². The molecule has 0 bridgehead atoms. The van der Waals surface area contributed by atoms with Crippen molar-refractivity contribution in [2.45, 2.75) is 39.3 Å². The van der Waals surface area contributed by atoms with E-state index in [4.69, 9.17) is 4.74 Å². The Morgan fingerprint density at radius 3 is 2.56 bits per heavy atom. The maximum absolute atomic E-state index is 11.8. The fourth-order valence-electron chi connectivity index (χ4n) is 1.90. The van der Waals surface area contributed by atoms with Gasteiger partial charge in [-0.15, -0.1) is 0 Å². The van der Waals surface area contributed by atoms with Gasteiger partial charge in [-0.2, -0.15) is 5.10 Å². The number of rotatable bonds is 4. The lowest BCUT2D eigenvalue weighted by Gasteiger charge is -2.13. The minimum Gasteiger partial charge on any atom is -0.433 e. The van der Waals surface area contributed by atoms with Crippen molar-refractivity contribution in [2.75, 3.05) is 6.54 Å². The second-order valence-electron chi connectivity index (χ2n) is 4.97. The van der Waals surface area contributed by atoms with Gasteiger partial charge in [0.25, 0.3) is 5.91 Å². The minimum absolute atomic E-state index is 0.274. The highest BCUT2D eigenvalue weighted by atomic mass is 16.6. The first-order chi connectivity index (χ1) is 8.40. The molecule has 0 spiro atoms. The number of nitrogens with zero attached hydrogens (tertiary/aromatic N) is 3. The van der Waals surface area contributed by atoms with E-state index in [1.165, 1.54) is 0 Å². The second-order valence-corrected chi connectivity index (χ2v) is 4.97. The molecular weight excluding hydrogens is 234 g/mol. The average Bonchev–Trinajstić information content (AvgIpc) is 2.75. The van der Waals surface area contributed by atoms with Crippen molar-refractivity contribution in [3.8, 4) is 0 Å². The molecule has 2 heterocycles. The number of cyclic esters (lactones) is 1. The van der Waals surface area contributed by atoms with Gasteiger partial charge in [0.2, 0.25) is 0 Å². The van der Waals surface area contributed by atoms with Gasteiger partial charge in [-0.25, -0.2) is 9.69 Å². The number of amides is 2. The van der Waals surface area contributed by atoms with Crippen LogP contribution >= 0.6 is 0 Å². The van der Waals surface area contributed by atoms with E-state index in [2.05, 4.69) is 5.10 Å². The Bertz CT molecular complexity index is 479. The summed E-state index contributed by atoms with van der Waals surface area (Å²) in [6, 6.07) is 0. The van der Waals surface area contributed by atoms with Crippen LogP contribution in [0.3, 0.4) is 0 Å². The van der Waals surface area contributed by atoms with Crippen LogP contribution in [0.25, 0.3) is 0 Å². The molecule has 6 nitrogen and oxygen atoms in total. The zero-order chi connectivity index (χ0) is 13.3. The Labute approximate surface area is 106 Å². The smallest absolute Gasteiger partial charge is 0.417 e. The summed E-state index contributed by atoms with van der Waals surface area (Å²) in [7, 11) is 0. The molecule has 1 aliphatic heterocycles. The van der Waals surface area contributed by atoms with Crippen LogP contribution < -0.4 is 0 Å². The van der Waals surface area contributed by atoms with Crippen LogP contribution in [-0.4, -0.2) is 38.8 Å². The largest absolute Gasteiger partial charge is 0.433 e. The summed E-state index contributed by atoms with van der Waals surface area (Å²) in [5.41, 5.74) is 0.0621. The highest BCUT2D eigenvalue weighted by Gasteiger charge is 2.46. The SMILES string of the molecule is Cc1cnn(CCCN2C(=O)OC(C)(C)C2=O)c1. The number of imide groups is 1. The zero-order valence-corrected chi connectivity index (χ0v) is 10.8. The van der Waals surface area contributed by atoms with Crippen molar-refractivity contribution in [3.05, 3.63) is 18.0 Å². The van der Waals surface area contributed by atoms with Crippen molar-refractivity contribution in [1.82, 2.24) is 14.7 Å². The molecule has 1 saturated heterocycles. The van der Waals surface area contributed by atoms with E-state index < -0.39 is 11.7 Å². The molecule has 1 aromatic rings. The molecule has 1 fully saturated rings. The number of hydrogen-bond donors (Lipinski definition) is 0. The fraction of sp³-hybridized carbons (Fsp3) is 0.583. The number of aromatic nitrogens is 2. The lowest BCUT2D eigenvalue weighted by Crippen LogP contribution is -2.37. The number of hydrogen-bond acceptors (Lipinski definition) is 4. The Balaban J connectivity index is 1.87. The summed E-state index contributed by atoms with van der Waals surface area (Å²) < 4.78 is 6.79. The highest BCUT2D eigenvalue weighted by molar-refractivity contribution is 6.02. The topological polar surface area (TPSA) is 64.4 Å². The van der Waals surface area contributed by atoms with Crippen LogP contribution in [0, 0.1) is 6.92 Å². The van der Waals surface area contributed by atoms with E-state index in [-0.39, 0.29) is 5.91 Å². The van der Waals surface area contributed by atoms with Crippen LogP contribution in [-0.2, 0) is 16.1 Å². The number of ether oxygens (including phenoxy) is 1. The summed E-state index contributed by atoms with van der Waals surface area (Å²) in [6.45, 7) is 6.20. The van der Waals surface area contributed by atoms with E-state index in [1.54, 1.807) is 24.7 Å². The van der Waals surface area contributed by atoms with Gasteiger partial charge in [0, 0.05) is 19.3 Å². The first-order valence-corrected chi connectivity index (χ1v) is 5.94. The summed E-state index contributed by atoms with van der Waals surface area (Å²) >= 11 is 0. The fourth-order valence-corrected chi connectivity index (χ4v) is 1.90. The Morgan fingerprint density at radius 1 is 1.33 bits per heavy atom. The first kappa shape index (κ1) is 12.6. The van der Waals surface area contributed by atoms with E-state index in [0.29, 0.717) is 19.5 Å². The number of carbonyl (C=O) groups is 2. The number of aryl methyl sites for hydroxylation is 2. The van der Waals surface area contributed by atoms with Crippen molar-refractivity contribution >= 4 is 12.0 Å². The lowest BCUT2D eigenvalue weighted by atomic mass is 10.1. The molecule has 1 aromatic heterocycles. The van der Waals surface area contributed by atoms with Crippen molar-refractivity contribution in [2.24, 2.45) is 0 Å². The average molecular weight is 251 g/mol. The molecule has 0 saturated carbocycles. The highest BCUT2D eigenvalue weighted by Crippen LogP contribution is 2.23. The van der Waals surface area contributed by atoms with Gasteiger partial charge in [0.1, 0.15) is 0 Å².